The van der Waals surface area contributed by atoms with Crippen LogP contribution in [-0.2, 0) is 11.3 Å². The fourth-order valence-electron chi connectivity index (χ4n) is 3.09. The lowest BCUT2D eigenvalue weighted by molar-refractivity contribution is 0.0565. The fourth-order valence-corrected chi connectivity index (χ4v) is 3.09. The zero-order chi connectivity index (χ0) is 16.4. The third kappa shape index (κ3) is 3.14. The largest absolute Gasteiger partial charge is 0.456 e. The number of amides is 1. The molecule has 1 aliphatic heterocycles. The average molecular weight is 318 g/mol. The molecule has 3 heterocycles. The Morgan fingerprint density at radius 3 is 3.00 bits per heavy atom. The molecule has 7 nitrogen and oxygen atoms in total. The number of nitrogens with one attached hydrogen (secondary N) is 1. The van der Waals surface area contributed by atoms with Gasteiger partial charge in [0.15, 0.2) is 17.4 Å². The van der Waals surface area contributed by atoms with Crippen LogP contribution in [0.5, 0.6) is 0 Å². The van der Waals surface area contributed by atoms with Crippen molar-refractivity contribution in [2.24, 2.45) is 0 Å². The van der Waals surface area contributed by atoms with Gasteiger partial charge >= 0.3 is 0 Å². The van der Waals surface area contributed by atoms with Crippen molar-refractivity contribution in [3.8, 4) is 0 Å². The van der Waals surface area contributed by atoms with Crippen LogP contribution in [0.3, 0.4) is 0 Å². The summed E-state index contributed by atoms with van der Waals surface area (Å²) in [7, 11) is 1.61. The van der Waals surface area contributed by atoms with E-state index >= 15 is 0 Å². The second-order valence-corrected chi connectivity index (χ2v) is 5.95. The number of hydrogen-bond acceptors (Lipinski definition) is 5. The number of carbonyl (C=O) groups is 1. The highest BCUT2D eigenvalue weighted by molar-refractivity contribution is 5.93. The van der Waals surface area contributed by atoms with Crippen molar-refractivity contribution in [1.82, 2.24) is 20.1 Å². The van der Waals surface area contributed by atoms with Crippen LogP contribution >= 0.6 is 0 Å². The third-order valence-corrected chi connectivity index (χ3v) is 4.13. The van der Waals surface area contributed by atoms with Crippen molar-refractivity contribution in [3.05, 3.63) is 34.8 Å². The number of piperidine rings is 1. The van der Waals surface area contributed by atoms with Crippen LogP contribution in [0.2, 0.25) is 0 Å². The van der Waals surface area contributed by atoms with Crippen molar-refractivity contribution >= 4 is 5.91 Å². The minimum Gasteiger partial charge on any atom is -0.456 e. The van der Waals surface area contributed by atoms with Crippen LogP contribution in [-0.4, -0.2) is 39.6 Å². The maximum Gasteiger partial charge on any atom is 0.290 e. The first-order valence-electron chi connectivity index (χ1n) is 7.88. The monoisotopic (exact) mass is 318 g/mol. The predicted molar refractivity (Wildman–Crippen MR) is 82.9 cm³/mol. The van der Waals surface area contributed by atoms with Gasteiger partial charge in [-0.2, -0.15) is 5.10 Å². The van der Waals surface area contributed by atoms with Crippen LogP contribution in [0.1, 0.15) is 58.8 Å². The molecule has 0 aromatic carbocycles. The Hall–Kier alpha value is -2.15. The minimum atomic E-state index is -0.122. The molecule has 1 aliphatic rings. The molecule has 7 heteroatoms. The molecule has 1 N–H and O–H groups in total. The first-order valence-corrected chi connectivity index (χ1v) is 7.88. The summed E-state index contributed by atoms with van der Waals surface area (Å²) in [4.78, 5) is 19.2. The Balaban J connectivity index is 1.86. The highest BCUT2D eigenvalue weighted by Crippen LogP contribution is 2.31. The number of nitrogens with zero attached hydrogens (tertiary/aromatic N) is 3. The number of aromatic amines is 1. The van der Waals surface area contributed by atoms with E-state index in [1.807, 2.05) is 24.8 Å². The molecule has 2 aromatic heterocycles. The SMILES string of the molecule is COCc1nc(C2CCCCN2C(=O)c2oc(C)cc2C)n[nH]1. The molecular weight excluding hydrogens is 296 g/mol. The van der Waals surface area contributed by atoms with E-state index in [4.69, 9.17) is 9.15 Å². The molecule has 0 bridgehead atoms. The number of hydrogen-bond donors (Lipinski definition) is 1. The van der Waals surface area contributed by atoms with Gasteiger partial charge in [-0.3, -0.25) is 9.89 Å². The zero-order valence-electron chi connectivity index (χ0n) is 13.8. The standard InChI is InChI=1S/C16H22N4O3/c1-10-8-11(2)23-14(10)16(21)20-7-5-4-6-12(20)15-17-13(9-22-3)18-19-15/h8,12H,4-7,9H2,1-3H3,(H,17,18,19). The van der Waals surface area contributed by atoms with E-state index in [0.717, 1.165) is 30.6 Å². The minimum absolute atomic E-state index is 0.0848. The van der Waals surface area contributed by atoms with E-state index in [0.29, 0.717) is 30.6 Å². The average Bonchev–Trinajstić information content (AvgIpc) is 3.13. The number of H-pyrrole nitrogens is 1. The summed E-state index contributed by atoms with van der Waals surface area (Å²) in [6.07, 6.45) is 2.89. The Labute approximate surface area is 135 Å². The first kappa shape index (κ1) is 15.7. The van der Waals surface area contributed by atoms with Gasteiger partial charge in [0.1, 0.15) is 12.4 Å². The van der Waals surface area contributed by atoms with Gasteiger partial charge in [-0.1, -0.05) is 0 Å². The van der Waals surface area contributed by atoms with Gasteiger partial charge in [0.2, 0.25) is 0 Å². The number of ether oxygens (including phenoxy) is 1. The molecule has 0 radical (unpaired) electrons. The number of furan rings is 1. The van der Waals surface area contributed by atoms with E-state index in [-0.39, 0.29) is 11.9 Å². The van der Waals surface area contributed by atoms with Crippen molar-refractivity contribution in [1.29, 1.82) is 0 Å². The normalized spacial score (nSPS) is 18.4. The quantitative estimate of drug-likeness (QED) is 0.936. The van der Waals surface area contributed by atoms with E-state index in [1.165, 1.54) is 0 Å². The van der Waals surface area contributed by atoms with E-state index < -0.39 is 0 Å². The molecule has 0 aliphatic carbocycles. The summed E-state index contributed by atoms with van der Waals surface area (Å²) in [5.41, 5.74) is 0.867. The zero-order valence-corrected chi connectivity index (χ0v) is 13.8. The summed E-state index contributed by atoms with van der Waals surface area (Å²) >= 11 is 0. The van der Waals surface area contributed by atoms with Crippen molar-refractivity contribution in [2.75, 3.05) is 13.7 Å². The predicted octanol–water partition coefficient (Wildman–Crippen LogP) is 2.53. The molecule has 3 rings (SSSR count). The van der Waals surface area contributed by atoms with Crippen molar-refractivity contribution in [2.45, 2.75) is 45.8 Å². The highest BCUT2D eigenvalue weighted by atomic mass is 16.5. The molecule has 1 unspecified atom stereocenters. The van der Waals surface area contributed by atoms with Gasteiger partial charge < -0.3 is 14.1 Å². The lowest BCUT2D eigenvalue weighted by Gasteiger charge is -2.33. The Morgan fingerprint density at radius 1 is 1.48 bits per heavy atom. The smallest absolute Gasteiger partial charge is 0.290 e. The molecule has 124 valence electrons. The van der Waals surface area contributed by atoms with Gasteiger partial charge in [-0.05, 0) is 39.2 Å². The number of aryl methyl sites for hydroxylation is 2. The van der Waals surface area contributed by atoms with Gasteiger partial charge in [0.05, 0.1) is 6.04 Å². The topological polar surface area (TPSA) is 84.2 Å². The molecule has 0 spiro atoms. The van der Waals surface area contributed by atoms with Crippen LogP contribution < -0.4 is 0 Å². The van der Waals surface area contributed by atoms with Gasteiger partial charge in [-0.25, -0.2) is 4.98 Å². The Morgan fingerprint density at radius 2 is 2.30 bits per heavy atom. The molecule has 0 saturated carbocycles. The number of methoxy groups -OCH3 is 1. The molecule has 23 heavy (non-hydrogen) atoms. The summed E-state index contributed by atoms with van der Waals surface area (Å²) < 4.78 is 10.7. The van der Waals surface area contributed by atoms with E-state index in [1.54, 1.807) is 7.11 Å². The lowest BCUT2D eigenvalue weighted by Crippen LogP contribution is -2.39. The molecule has 1 atom stereocenters. The summed E-state index contributed by atoms with van der Waals surface area (Å²) in [5.74, 6) is 2.40. The third-order valence-electron chi connectivity index (χ3n) is 4.13. The molecule has 1 fully saturated rings. The Bertz CT molecular complexity index is 691. The van der Waals surface area contributed by atoms with Gasteiger partial charge in [-0.15, -0.1) is 0 Å². The van der Waals surface area contributed by atoms with Crippen LogP contribution in [0.25, 0.3) is 0 Å². The number of rotatable bonds is 4. The summed E-state index contributed by atoms with van der Waals surface area (Å²) in [5, 5.41) is 7.14. The first-order chi connectivity index (χ1) is 11.1. The summed E-state index contributed by atoms with van der Waals surface area (Å²) in [6, 6.07) is 1.76. The number of aromatic nitrogens is 3. The molecular formula is C16H22N4O3. The van der Waals surface area contributed by atoms with Crippen LogP contribution in [0, 0.1) is 13.8 Å². The highest BCUT2D eigenvalue weighted by Gasteiger charge is 2.33. The lowest BCUT2D eigenvalue weighted by atomic mass is 10.0. The maximum absolute atomic E-state index is 12.9. The number of likely N-dealkylation sites (tertiary alicyclic amines) is 1. The van der Waals surface area contributed by atoms with Crippen molar-refractivity contribution in [3.63, 3.8) is 0 Å². The second kappa shape index (κ2) is 6.54. The van der Waals surface area contributed by atoms with Gasteiger partial charge in [0.25, 0.3) is 5.91 Å². The van der Waals surface area contributed by atoms with Crippen LogP contribution in [0.15, 0.2) is 10.5 Å². The number of carbonyl (C=O) groups excluding carboxylic acids is 1. The summed E-state index contributed by atoms with van der Waals surface area (Å²) in [6.45, 7) is 4.82. The maximum atomic E-state index is 12.9. The molecule has 2 aromatic rings. The Kier molecular flexibility index (Phi) is 4.47. The molecule has 1 saturated heterocycles. The van der Waals surface area contributed by atoms with Crippen LogP contribution in [0.4, 0.5) is 0 Å². The van der Waals surface area contributed by atoms with Crippen molar-refractivity contribution < 1.29 is 13.9 Å². The van der Waals surface area contributed by atoms with Gasteiger partial charge in [0, 0.05) is 19.2 Å². The van der Waals surface area contributed by atoms with E-state index in [9.17, 15) is 4.79 Å². The van der Waals surface area contributed by atoms with E-state index in [2.05, 4.69) is 15.2 Å². The molecule has 1 amide bonds. The second-order valence-electron chi connectivity index (χ2n) is 5.95. The fraction of sp³-hybridized carbons (Fsp3) is 0.562.